The van der Waals surface area contributed by atoms with Crippen LogP contribution < -0.4 is 10.2 Å². The Balaban J connectivity index is 0.00000121. The van der Waals surface area contributed by atoms with E-state index < -0.39 is 35.1 Å². The molecule has 0 aromatic carbocycles. The number of anilines is 1. The highest BCUT2D eigenvalue weighted by Crippen LogP contribution is 2.32. The summed E-state index contributed by atoms with van der Waals surface area (Å²) in [6.45, 7) is 9.09. The van der Waals surface area contributed by atoms with Crippen molar-refractivity contribution in [3.63, 3.8) is 0 Å². The molecule has 0 saturated heterocycles. The Bertz CT molecular complexity index is 1340. The molecule has 0 unspecified atom stereocenters. The van der Waals surface area contributed by atoms with E-state index in [0.717, 1.165) is 4.09 Å². The number of alkyl halides is 3. The van der Waals surface area contributed by atoms with Crippen LogP contribution in [0.25, 0.3) is 11.0 Å². The molecule has 0 radical (unpaired) electrons. The number of nitrogens with zero attached hydrogens (tertiary/aromatic N) is 6. The summed E-state index contributed by atoms with van der Waals surface area (Å²) in [5, 5.41) is 6.68. The Hall–Kier alpha value is -2.88. The van der Waals surface area contributed by atoms with Gasteiger partial charge in [-0.1, -0.05) is 27.7 Å². The third kappa shape index (κ3) is 6.76. The molecule has 0 fully saturated rings. The molecule has 3 aromatic rings. The molecule has 1 aliphatic rings. The molecular formula is C22H31F4N7O3S2. The summed E-state index contributed by atoms with van der Waals surface area (Å²) >= 11 is -0.0321. The minimum Gasteiger partial charge on any atom is -0.351 e. The van der Waals surface area contributed by atoms with E-state index in [9.17, 15) is 30.3 Å². The van der Waals surface area contributed by atoms with Crippen LogP contribution in [0.3, 0.4) is 0 Å². The largest absolute Gasteiger partial charge is 0.390 e. The maximum absolute atomic E-state index is 13.1. The van der Waals surface area contributed by atoms with Gasteiger partial charge in [-0.15, -0.1) is 3.89 Å². The molecule has 212 valence electrons. The number of halogens is 4. The van der Waals surface area contributed by atoms with E-state index in [1.807, 2.05) is 27.7 Å². The van der Waals surface area contributed by atoms with Crippen molar-refractivity contribution in [3.8, 4) is 0 Å². The molecule has 1 amide bonds. The van der Waals surface area contributed by atoms with Gasteiger partial charge in [0.2, 0.25) is 0 Å². The molecule has 16 heteroatoms. The normalized spacial score (nSPS) is 13.2. The van der Waals surface area contributed by atoms with Crippen LogP contribution in [-0.4, -0.2) is 62.5 Å². The Morgan fingerprint density at radius 2 is 1.87 bits per heavy atom. The number of carbonyl (C=O) groups is 1. The summed E-state index contributed by atoms with van der Waals surface area (Å²) in [6.07, 6.45) is -2.77. The zero-order chi connectivity index (χ0) is 28.7. The third-order valence-electron chi connectivity index (χ3n) is 5.36. The molecular weight excluding hydrogens is 550 g/mol. The zero-order valence-corrected chi connectivity index (χ0v) is 23.3. The lowest BCUT2D eigenvalue weighted by molar-refractivity contribution is -0.133. The van der Waals surface area contributed by atoms with Crippen LogP contribution in [0.2, 0.25) is 0 Å². The van der Waals surface area contributed by atoms with Crippen LogP contribution in [0, 0.1) is 0 Å². The van der Waals surface area contributed by atoms with E-state index in [4.69, 9.17) is 0 Å². The Morgan fingerprint density at radius 3 is 2.47 bits per heavy atom. The van der Waals surface area contributed by atoms with Gasteiger partial charge in [0.15, 0.2) is 23.7 Å². The first-order valence-corrected chi connectivity index (χ1v) is 14.4. The van der Waals surface area contributed by atoms with E-state index in [1.54, 1.807) is 11.0 Å². The number of hydrogen-bond donors (Lipinski definition) is 1. The van der Waals surface area contributed by atoms with E-state index >= 15 is 0 Å². The highest BCUT2D eigenvalue weighted by molar-refractivity contribution is 7.92. The van der Waals surface area contributed by atoms with Crippen LogP contribution in [0.1, 0.15) is 62.8 Å². The van der Waals surface area contributed by atoms with E-state index in [0.29, 0.717) is 29.1 Å². The topological polar surface area (TPSA) is 115 Å². The fourth-order valence-corrected chi connectivity index (χ4v) is 5.03. The average molecular weight is 582 g/mol. The molecule has 1 aliphatic heterocycles. The second kappa shape index (κ2) is 13.3. The number of rotatable bonds is 7. The number of fused-ring (bicyclic) bond motifs is 2. The molecule has 0 aliphatic carbocycles. The van der Waals surface area contributed by atoms with E-state index in [-0.39, 0.29) is 42.3 Å². The lowest BCUT2D eigenvalue weighted by Crippen LogP contribution is -2.34. The van der Waals surface area contributed by atoms with Crippen molar-refractivity contribution >= 4 is 45.1 Å². The number of amides is 1. The summed E-state index contributed by atoms with van der Waals surface area (Å²) < 4.78 is 77.7. The van der Waals surface area contributed by atoms with Crippen molar-refractivity contribution in [2.45, 2.75) is 60.2 Å². The van der Waals surface area contributed by atoms with Gasteiger partial charge in [-0.2, -0.15) is 22.4 Å². The Labute approximate surface area is 223 Å². The van der Waals surface area contributed by atoms with Gasteiger partial charge in [-0.25, -0.2) is 22.4 Å². The van der Waals surface area contributed by atoms with Crippen molar-refractivity contribution in [1.82, 2.24) is 28.4 Å². The van der Waals surface area contributed by atoms with Crippen LogP contribution in [-0.2, 0) is 23.0 Å². The standard InChI is InChI=1S/C18H19F4N7O3S2.2C2H6/c1-2-34(31,32)29-13-4-7-27(15-11-3-8-28(33-22)16(11)25-10-24-15)9-12(13)14(26-29)17(30)23-6-5-18(19,20)21;2*1-2/h3,8,10H,2,4-7,9H2,1H3,(H,23,30);2*1-2H3. The first-order valence-electron chi connectivity index (χ1n) is 12.1. The third-order valence-corrected chi connectivity index (χ3v) is 7.36. The molecule has 0 saturated carbocycles. The smallest absolute Gasteiger partial charge is 0.351 e. The Morgan fingerprint density at radius 1 is 1.18 bits per heavy atom. The van der Waals surface area contributed by atoms with Crippen molar-refractivity contribution < 1.29 is 30.3 Å². The molecule has 4 rings (SSSR count). The van der Waals surface area contributed by atoms with Gasteiger partial charge >= 0.3 is 6.18 Å². The Kier molecular flexibility index (Phi) is 10.9. The van der Waals surface area contributed by atoms with Gasteiger partial charge in [0.1, 0.15) is 12.1 Å². The lowest BCUT2D eigenvalue weighted by Gasteiger charge is -2.29. The summed E-state index contributed by atoms with van der Waals surface area (Å²) in [7, 11) is -3.86. The number of carbonyl (C=O) groups excluding carboxylic acids is 1. The predicted octanol–water partition coefficient (Wildman–Crippen LogP) is 4.50. The molecule has 3 aromatic heterocycles. The van der Waals surface area contributed by atoms with Crippen LogP contribution in [0.15, 0.2) is 18.6 Å². The first kappa shape index (κ1) is 31.3. The molecule has 1 N–H and O–H groups in total. The molecule has 38 heavy (non-hydrogen) atoms. The van der Waals surface area contributed by atoms with Crippen molar-refractivity contribution in [3.05, 3.63) is 35.5 Å². The van der Waals surface area contributed by atoms with Crippen LogP contribution in [0.4, 0.5) is 22.9 Å². The fourth-order valence-electron chi connectivity index (χ4n) is 3.73. The quantitative estimate of drug-likeness (QED) is 0.406. The second-order valence-corrected chi connectivity index (χ2v) is 10.1. The van der Waals surface area contributed by atoms with E-state index in [2.05, 4.69) is 20.4 Å². The summed E-state index contributed by atoms with van der Waals surface area (Å²) in [4.78, 5) is 22.8. The minimum atomic E-state index is -4.46. The molecule has 0 atom stereocenters. The second-order valence-electron chi connectivity index (χ2n) is 7.46. The van der Waals surface area contributed by atoms with Gasteiger partial charge in [-0.3, -0.25) is 4.79 Å². The number of aromatic nitrogens is 5. The highest BCUT2D eigenvalue weighted by Gasteiger charge is 2.33. The van der Waals surface area contributed by atoms with Crippen LogP contribution in [0.5, 0.6) is 0 Å². The summed E-state index contributed by atoms with van der Waals surface area (Å²) in [6, 6.07) is 1.63. The van der Waals surface area contributed by atoms with Crippen molar-refractivity contribution in [1.29, 1.82) is 0 Å². The van der Waals surface area contributed by atoms with Gasteiger partial charge in [0, 0.05) is 37.8 Å². The van der Waals surface area contributed by atoms with Crippen LogP contribution >= 0.6 is 12.3 Å². The van der Waals surface area contributed by atoms with Crippen molar-refractivity contribution in [2.75, 3.05) is 23.7 Å². The van der Waals surface area contributed by atoms with Gasteiger partial charge < -0.3 is 10.2 Å². The zero-order valence-electron chi connectivity index (χ0n) is 21.7. The van der Waals surface area contributed by atoms with Gasteiger partial charge in [0.25, 0.3) is 15.9 Å². The van der Waals surface area contributed by atoms with Gasteiger partial charge in [-0.05, 0) is 13.0 Å². The van der Waals surface area contributed by atoms with Gasteiger partial charge in [0.05, 0.1) is 23.3 Å². The first-order chi connectivity index (χ1) is 18.1. The molecule has 4 heterocycles. The molecule has 10 nitrogen and oxygen atoms in total. The monoisotopic (exact) mass is 581 g/mol. The van der Waals surface area contributed by atoms with Crippen molar-refractivity contribution in [2.24, 2.45) is 0 Å². The SMILES string of the molecule is CC.CC.CCS(=O)(=O)n1nc(C(=O)NCCC(F)(F)F)c2c1CCN(c1ncnc3c1ccn3SF)C2. The van der Waals surface area contributed by atoms with E-state index in [1.165, 1.54) is 23.4 Å². The fraction of sp³-hybridized carbons (Fsp3) is 0.545. The minimum absolute atomic E-state index is 0.0245. The average Bonchev–Trinajstić information content (AvgIpc) is 3.52. The number of nitrogens with one attached hydrogen (secondary N) is 1. The number of hydrogen-bond acceptors (Lipinski definition) is 8. The summed E-state index contributed by atoms with van der Waals surface area (Å²) in [5.74, 6) is -0.737. The maximum atomic E-state index is 13.1. The summed E-state index contributed by atoms with van der Waals surface area (Å²) in [5.41, 5.74) is 0.638. The maximum Gasteiger partial charge on any atom is 0.390 e. The molecule has 0 spiro atoms. The highest BCUT2D eigenvalue weighted by atomic mass is 32.2. The lowest BCUT2D eigenvalue weighted by atomic mass is 10.0. The predicted molar refractivity (Wildman–Crippen MR) is 139 cm³/mol. The molecule has 0 bridgehead atoms.